The Balaban J connectivity index is 1.74. The molecule has 3 aromatic rings. The molecule has 2 aromatic carbocycles. The maximum atomic E-state index is 12.5. The van der Waals surface area contributed by atoms with Crippen LogP contribution in [0.1, 0.15) is 22.8 Å². The molecule has 0 fully saturated rings. The Bertz CT molecular complexity index is 1100. The lowest BCUT2D eigenvalue weighted by molar-refractivity contribution is 0.102. The molecule has 0 saturated carbocycles. The fraction of sp³-hybridized carbons (Fsp3) is 0.167. The summed E-state index contributed by atoms with van der Waals surface area (Å²) < 4.78 is 32.6. The second kappa shape index (κ2) is 8.36. The number of aromatic nitrogens is 2. The highest BCUT2D eigenvalue weighted by atomic mass is 32.2. The van der Waals surface area contributed by atoms with Crippen LogP contribution in [-0.2, 0) is 10.0 Å². The number of nitrogens with one attached hydrogen (secondary N) is 2. The Morgan fingerprint density at radius 1 is 1.14 bits per heavy atom. The van der Waals surface area contributed by atoms with E-state index in [4.69, 9.17) is 4.74 Å². The number of hydrogen-bond donors (Lipinski definition) is 2. The van der Waals surface area contributed by atoms with Crippen molar-refractivity contribution in [2.45, 2.75) is 18.2 Å². The molecule has 8 nitrogen and oxygen atoms in total. The average molecular weight is 419 g/mol. The van der Waals surface area contributed by atoms with Gasteiger partial charge in [0.25, 0.3) is 20.3 Å². The van der Waals surface area contributed by atoms with Crippen LogP contribution in [0.5, 0.6) is 5.75 Å². The van der Waals surface area contributed by atoms with E-state index in [-0.39, 0.29) is 15.4 Å². The van der Waals surface area contributed by atoms with Crippen molar-refractivity contribution in [3.8, 4) is 5.75 Å². The number of sulfonamides is 1. The zero-order valence-corrected chi connectivity index (χ0v) is 16.8. The molecule has 0 spiro atoms. The fourth-order valence-corrected chi connectivity index (χ4v) is 4.32. The van der Waals surface area contributed by atoms with Gasteiger partial charge in [0, 0.05) is 11.6 Å². The van der Waals surface area contributed by atoms with Gasteiger partial charge in [-0.1, -0.05) is 35.6 Å². The van der Waals surface area contributed by atoms with Gasteiger partial charge in [0.1, 0.15) is 5.75 Å². The van der Waals surface area contributed by atoms with Gasteiger partial charge >= 0.3 is 0 Å². The Morgan fingerprint density at radius 2 is 1.93 bits per heavy atom. The molecule has 1 heterocycles. The molecule has 0 unspecified atom stereocenters. The lowest BCUT2D eigenvalue weighted by Gasteiger charge is -2.07. The molecule has 1 aromatic heterocycles. The first kappa shape index (κ1) is 19.8. The largest absolute Gasteiger partial charge is 0.494 e. The van der Waals surface area contributed by atoms with Gasteiger partial charge in [-0.05, 0) is 37.6 Å². The predicted molar refractivity (Wildman–Crippen MR) is 107 cm³/mol. The molecule has 0 saturated heterocycles. The third kappa shape index (κ3) is 4.65. The smallest absolute Gasteiger partial charge is 0.291 e. The van der Waals surface area contributed by atoms with Crippen molar-refractivity contribution >= 4 is 38.1 Å². The van der Waals surface area contributed by atoms with E-state index in [1.165, 1.54) is 0 Å². The van der Waals surface area contributed by atoms with E-state index in [9.17, 15) is 13.2 Å². The Kier molecular flexibility index (Phi) is 5.90. The minimum Gasteiger partial charge on any atom is -0.494 e. The van der Waals surface area contributed by atoms with Crippen LogP contribution in [0.3, 0.4) is 0 Å². The van der Waals surface area contributed by atoms with Crippen LogP contribution in [0, 0.1) is 6.92 Å². The standard InChI is InChI=1S/C18H18N4O4S2/c1-3-26-14-9-6-8-13(11-14)22-28(24,25)18-21-20-17(27-18)19-16(23)15-10-5-4-7-12(15)2/h4-11,22H,3H2,1-2H3,(H,19,20,23). The summed E-state index contributed by atoms with van der Waals surface area (Å²) in [7, 11) is -3.94. The topological polar surface area (TPSA) is 110 Å². The minimum atomic E-state index is -3.94. The van der Waals surface area contributed by atoms with Crippen molar-refractivity contribution in [3.63, 3.8) is 0 Å². The van der Waals surface area contributed by atoms with Gasteiger partial charge in [-0.2, -0.15) is 8.42 Å². The van der Waals surface area contributed by atoms with Crippen LogP contribution >= 0.6 is 11.3 Å². The summed E-state index contributed by atoms with van der Waals surface area (Å²) in [5.41, 5.74) is 1.62. The van der Waals surface area contributed by atoms with Crippen molar-refractivity contribution in [1.29, 1.82) is 0 Å². The zero-order valence-electron chi connectivity index (χ0n) is 15.2. The van der Waals surface area contributed by atoms with Crippen LogP contribution in [-0.4, -0.2) is 31.1 Å². The number of benzene rings is 2. The molecule has 0 atom stereocenters. The number of aryl methyl sites for hydroxylation is 1. The third-order valence-electron chi connectivity index (χ3n) is 3.64. The Labute approximate surface area is 166 Å². The number of hydrogen-bond acceptors (Lipinski definition) is 7. The van der Waals surface area contributed by atoms with E-state index >= 15 is 0 Å². The number of anilines is 2. The lowest BCUT2D eigenvalue weighted by Crippen LogP contribution is -2.13. The van der Waals surface area contributed by atoms with Crippen molar-refractivity contribution in [2.24, 2.45) is 0 Å². The molecule has 28 heavy (non-hydrogen) atoms. The number of carbonyl (C=O) groups excluding carboxylic acids is 1. The lowest BCUT2D eigenvalue weighted by atomic mass is 10.1. The summed E-state index contributed by atoms with van der Waals surface area (Å²) in [4.78, 5) is 12.3. The van der Waals surface area contributed by atoms with Crippen LogP contribution < -0.4 is 14.8 Å². The van der Waals surface area contributed by atoms with Crippen molar-refractivity contribution in [1.82, 2.24) is 10.2 Å². The monoisotopic (exact) mass is 418 g/mol. The molecule has 0 aliphatic rings. The fourth-order valence-electron chi connectivity index (χ4n) is 2.38. The molecule has 0 aliphatic heterocycles. The average Bonchev–Trinajstić information content (AvgIpc) is 3.12. The summed E-state index contributed by atoms with van der Waals surface area (Å²) in [5.74, 6) is 0.168. The molecule has 2 N–H and O–H groups in total. The molecule has 0 bridgehead atoms. The first-order valence-electron chi connectivity index (χ1n) is 8.35. The van der Waals surface area contributed by atoms with Crippen molar-refractivity contribution < 1.29 is 17.9 Å². The van der Waals surface area contributed by atoms with E-state index in [0.717, 1.165) is 16.9 Å². The van der Waals surface area contributed by atoms with E-state index in [0.29, 0.717) is 23.6 Å². The highest BCUT2D eigenvalue weighted by Gasteiger charge is 2.22. The first-order chi connectivity index (χ1) is 13.4. The van der Waals surface area contributed by atoms with Crippen LogP contribution in [0.4, 0.5) is 10.8 Å². The molecule has 10 heteroatoms. The molecule has 3 rings (SSSR count). The van der Waals surface area contributed by atoms with E-state index in [2.05, 4.69) is 20.2 Å². The number of ether oxygens (including phenoxy) is 1. The molecule has 1 amide bonds. The van der Waals surface area contributed by atoms with Gasteiger partial charge in [-0.15, -0.1) is 10.2 Å². The normalized spacial score (nSPS) is 11.1. The van der Waals surface area contributed by atoms with Gasteiger partial charge < -0.3 is 4.74 Å². The number of amides is 1. The number of nitrogens with zero attached hydrogens (tertiary/aromatic N) is 2. The molecule has 0 aliphatic carbocycles. The minimum absolute atomic E-state index is 0.0942. The SMILES string of the molecule is CCOc1cccc(NS(=O)(=O)c2nnc(NC(=O)c3ccccc3C)s2)c1. The summed E-state index contributed by atoms with van der Waals surface area (Å²) >= 11 is 0.767. The summed E-state index contributed by atoms with van der Waals surface area (Å²) in [6.45, 7) is 4.12. The summed E-state index contributed by atoms with van der Waals surface area (Å²) in [6.07, 6.45) is 0. The number of carbonyl (C=O) groups is 1. The van der Waals surface area contributed by atoms with E-state index in [1.54, 1.807) is 36.4 Å². The zero-order chi connectivity index (χ0) is 20.1. The molecule has 0 radical (unpaired) electrons. The molecular weight excluding hydrogens is 400 g/mol. The van der Waals surface area contributed by atoms with Crippen LogP contribution in [0.2, 0.25) is 0 Å². The highest BCUT2D eigenvalue weighted by Crippen LogP contribution is 2.25. The highest BCUT2D eigenvalue weighted by molar-refractivity contribution is 7.94. The third-order valence-corrected chi connectivity index (χ3v) is 6.23. The van der Waals surface area contributed by atoms with Gasteiger partial charge in [0.05, 0.1) is 12.3 Å². The van der Waals surface area contributed by atoms with Gasteiger partial charge in [0.2, 0.25) is 5.13 Å². The predicted octanol–water partition coefficient (Wildman–Crippen LogP) is 3.30. The maximum Gasteiger partial charge on any atom is 0.291 e. The van der Waals surface area contributed by atoms with Crippen LogP contribution in [0.15, 0.2) is 52.9 Å². The van der Waals surface area contributed by atoms with Crippen molar-refractivity contribution in [3.05, 3.63) is 59.7 Å². The molecule has 146 valence electrons. The van der Waals surface area contributed by atoms with E-state index in [1.807, 2.05) is 26.0 Å². The summed E-state index contributed by atoms with van der Waals surface area (Å²) in [5, 5.41) is 10.1. The second-order valence-electron chi connectivity index (χ2n) is 5.71. The van der Waals surface area contributed by atoms with Crippen molar-refractivity contribution in [2.75, 3.05) is 16.6 Å². The summed E-state index contributed by atoms with van der Waals surface area (Å²) in [6, 6.07) is 13.6. The Morgan fingerprint density at radius 3 is 2.68 bits per heavy atom. The van der Waals surface area contributed by atoms with Gasteiger partial charge in [-0.25, -0.2) is 0 Å². The Hall–Kier alpha value is -2.98. The molecular formula is C18H18N4O4S2. The van der Waals surface area contributed by atoms with Gasteiger partial charge in [0.15, 0.2) is 0 Å². The maximum absolute atomic E-state index is 12.5. The first-order valence-corrected chi connectivity index (χ1v) is 10.6. The van der Waals surface area contributed by atoms with Crippen LogP contribution in [0.25, 0.3) is 0 Å². The van der Waals surface area contributed by atoms with Gasteiger partial charge in [-0.3, -0.25) is 14.8 Å². The second-order valence-corrected chi connectivity index (χ2v) is 8.54. The van der Waals surface area contributed by atoms with E-state index < -0.39 is 10.0 Å². The number of rotatable bonds is 7. The quantitative estimate of drug-likeness (QED) is 0.570.